The first kappa shape index (κ1) is 11.6. The van der Waals surface area contributed by atoms with Gasteiger partial charge in [-0.05, 0) is 0 Å². The van der Waals surface area contributed by atoms with E-state index < -0.39 is 15.0 Å². The third kappa shape index (κ3) is 2.31. The zero-order valence-corrected chi connectivity index (χ0v) is 9.04. The van der Waals surface area contributed by atoms with E-state index in [-0.39, 0.29) is 17.2 Å². The van der Waals surface area contributed by atoms with Crippen molar-refractivity contribution >= 4 is 15.8 Å². The van der Waals surface area contributed by atoms with E-state index >= 15 is 0 Å². The summed E-state index contributed by atoms with van der Waals surface area (Å²) in [5, 5.41) is 0. The Hall–Kier alpha value is -1.47. The average Bonchev–Trinajstić information content (AvgIpc) is 2.15. The number of rotatable bonds is 3. The SMILES string of the molecule is COc1cc(N)c(OC)c(S(=O)(=O)O)c1. The summed E-state index contributed by atoms with van der Waals surface area (Å²) in [6.07, 6.45) is 0. The van der Waals surface area contributed by atoms with Gasteiger partial charge < -0.3 is 15.2 Å². The maximum absolute atomic E-state index is 11.0. The molecule has 1 rings (SSSR count). The number of anilines is 1. The predicted octanol–water partition coefficient (Wildman–Crippen LogP) is 0.533. The van der Waals surface area contributed by atoms with Gasteiger partial charge in [0.05, 0.1) is 19.9 Å². The Kier molecular flexibility index (Phi) is 3.06. The third-order valence-corrected chi connectivity index (χ3v) is 2.63. The molecule has 0 heterocycles. The minimum atomic E-state index is -4.39. The first-order valence-corrected chi connectivity index (χ1v) is 5.33. The van der Waals surface area contributed by atoms with Gasteiger partial charge in [0.25, 0.3) is 10.1 Å². The second-order valence-electron chi connectivity index (χ2n) is 2.72. The maximum Gasteiger partial charge on any atom is 0.298 e. The van der Waals surface area contributed by atoms with Gasteiger partial charge in [0, 0.05) is 12.1 Å². The van der Waals surface area contributed by atoms with Crippen LogP contribution >= 0.6 is 0 Å². The van der Waals surface area contributed by atoms with E-state index in [2.05, 4.69) is 0 Å². The second-order valence-corrected chi connectivity index (χ2v) is 4.11. The molecular formula is C8H11NO5S. The van der Waals surface area contributed by atoms with Gasteiger partial charge in [-0.1, -0.05) is 0 Å². The highest BCUT2D eigenvalue weighted by Gasteiger charge is 2.20. The highest BCUT2D eigenvalue weighted by molar-refractivity contribution is 7.86. The quantitative estimate of drug-likeness (QED) is 0.583. The fourth-order valence-electron chi connectivity index (χ4n) is 1.13. The van der Waals surface area contributed by atoms with Crippen LogP contribution in [0.25, 0.3) is 0 Å². The normalized spacial score (nSPS) is 11.1. The first-order chi connectivity index (χ1) is 6.90. The van der Waals surface area contributed by atoms with Gasteiger partial charge in [0.2, 0.25) is 0 Å². The molecule has 3 N–H and O–H groups in total. The van der Waals surface area contributed by atoms with Crippen molar-refractivity contribution in [2.45, 2.75) is 4.90 Å². The Morgan fingerprint density at radius 1 is 1.27 bits per heavy atom. The van der Waals surface area contributed by atoms with Gasteiger partial charge in [0.15, 0.2) is 5.75 Å². The van der Waals surface area contributed by atoms with Gasteiger partial charge in [-0.3, -0.25) is 4.55 Å². The molecular weight excluding hydrogens is 222 g/mol. The lowest BCUT2D eigenvalue weighted by molar-refractivity contribution is 0.390. The molecule has 0 radical (unpaired) electrons. The zero-order valence-electron chi connectivity index (χ0n) is 8.22. The first-order valence-electron chi connectivity index (χ1n) is 3.89. The van der Waals surface area contributed by atoms with E-state index in [4.69, 9.17) is 19.8 Å². The summed E-state index contributed by atoms with van der Waals surface area (Å²) in [5.74, 6) is 0.124. The van der Waals surface area contributed by atoms with Crippen LogP contribution in [-0.2, 0) is 10.1 Å². The number of hydrogen-bond acceptors (Lipinski definition) is 5. The summed E-state index contributed by atoms with van der Waals surface area (Å²) in [6, 6.07) is 2.53. The molecule has 84 valence electrons. The minimum Gasteiger partial charge on any atom is -0.497 e. The maximum atomic E-state index is 11.0. The standard InChI is InChI=1S/C8H11NO5S/c1-13-5-3-6(9)8(14-2)7(4-5)15(10,11)12/h3-4H,9H2,1-2H3,(H,10,11,12). The van der Waals surface area contributed by atoms with Crippen molar-refractivity contribution in [3.05, 3.63) is 12.1 Å². The fourth-order valence-corrected chi connectivity index (χ4v) is 1.83. The molecule has 1 aromatic rings. The summed E-state index contributed by atoms with van der Waals surface area (Å²) in [4.78, 5) is -0.415. The van der Waals surface area contributed by atoms with Gasteiger partial charge in [0.1, 0.15) is 10.6 Å². The van der Waals surface area contributed by atoms with Crippen LogP contribution < -0.4 is 15.2 Å². The molecule has 0 fully saturated rings. The van der Waals surface area contributed by atoms with Crippen molar-refractivity contribution in [2.75, 3.05) is 20.0 Å². The van der Waals surface area contributed by atoms with Crippen LogP contribution in [-0.4, -0.2) is 27.2 Å². The van der Waals surface area contributed by atoms with E-state index in [9.17, 15) is 8.42 Å². The molecule has 0 aliphatic heterocycles. The van der Waals surface area contributed by atoms with Crippen LogP contribution in [0.3, 0.4) is 0 Å². The number of nitrogen functional groups attached to an aromatic ring is 1. The van der Waals surface area contributed by atoms with Gasteiger partial charge in [-0.2, -0.15) is 8.42 Å². The van der Waals surface area contributed by atoms with Gasteiger partial charge in [-0.15, -0.1) is 0 Å². The molecule has 15 heavy (non-hydrogen) atoms. The lowest BCUT2D eigenvalue weighted by Gasteiger charge is -2.10. The van der Waals surface area contributed by atoms with Crippen molar-refractivity contribution in [3.63, 3.8) is 0 Å². The molecule has 0 unspecified atom stereocenters. The van der Waals surface area contributed by atoms with E-state index in [1.165, 1.54) is 20.3 Å². The van der Waals surface area contributed by atoms with Crippen LogP contribution in [0.15, 0.2) is 17.0 Å². The van der Waals surface area contributed by atoms with Gasteiger partial charge >= 0.3 is 0 Å². The molecule has 7 heteroatoms. The minimum absolute atomic E-state index is 0.0736. The molecule has 0 saturated heterocycles. The summed E-state index contributed by atoms with van der Waals surface area (Å²) < 4.78 is 40.5. The Bertz CT molecular complexity index is 468. The van der Waals surface area contributed by atoms with Crippen molar-refractivity contribution in [3.8, 4) is 11.5 Å². The smallest absolute Gasteiger partial charge is 0.298 e. The number of ether oxygens (including phenoxy) is 2. The van der Waals surface area contributed by atoms with E-state index in [1.807, 2.05) is 0 Å². The van der Waals surface area contributed by atoms with Crippen molar-refractivity contribution in [1.29, 1.82) is 0 Å². The monoisotopic (exact) mass is 233 g/mol. The summed E-state index contributed by atoms with van der Waals surface area (Å²) in [6.45, 7) is 0. The van der Waals surface area contributed by atoms with Crippen molar-refractivity contribution < 1.29 is 22.4 Å². The van der Waals surface area contributed by atoms with E-state index in [0.717, 1.165) is 6.07 Å². The Balaban J connectivity index is 3.53. The van der Waals surface area contributed by atoms with Crippen LogP contribution in [0.4, 0.5) is 5.69 Å². The predicted molar refractivity (Wildman–Crippen MR) is 53.8 cm³/mol. The molecule has 0 aliphatic carbocycles. The molecule has 0 amide bonds. The molecule has 0 bridgehead atoms. The number of nitrogens with two attached hydrogens (primary N) is 1. The Morgan fingerprint density at radius 3 is 2.27 bits per heavy atom. The molecule has 0 aliphatic rings. The Morgan fingerprint density at radius 2 is 1.87 bits per heavy atom. The molecule has 0 saturated carbocycles. The summed E-state index contributed by atoms with van der Waals surface area (Å²) in [5.41, 5.74) is 5.60. The number of methoxy groups -OCH3 is 2. The van der Waals surface area contributed by atoms with Crippen molar-refractivity contribution in [2.24, 2.45) is 0 Å². The lowest BCUT2D eigenvalue weighted by atomic mass is 10.3. The Labute approximate surface area is 87.4 Å². The molecule has 6 nitrogen and oxygen atoms in total. The lowest BCUT2D eigenvalue weighted by Crippen LogP contribution is -2.04. The number of hydrogen-bond donors (Lipinski definition) is 2. The topological polar surface area (TPSA) is 98.9 Å². The van der Waals surface area contributed by atoms with E-state index in [1.54, 1.807) is 0 Å². The largest absolute Gasteiger partial charge is 0.497 e. The highest BCUT2D eigenvalue weighted by atomic mass is 32.2. The average molecular weight is 233 g/mol. The highest BCUT2D eigenvalue weighted by Crippen LogP contribution is 2.34. The third-order valence-electron chi connectivity index (χ3n) is 1.77. The summed E-state index contributed by atoms with van der Waals surface area (Å²) in [7, 11) is -1.77. The van der Waals surface area contributed by atoms with E-state index in [0.29, 0.717) is 0 Å². The molecule has 0 spiro atoms. The van der Waals surface area contributed by atoms with Crippen LogP contribution in [0.1, 0.15) is 0 Å². The fraction of sp³-hybridized carbons (Fsp3) is 0.250. The van der Waals surface area contributed by atoms with Crippen LogP contribution in [0.2, 0.25) is 0 Å². The molecule has 1 aromatic carbocycles. The number of benzene rings is 1. The molecule has 0 atom stereocenters. The second kappa shape index (κ2) is 3.95. The van der Waals surface area contributed by atoms with Crippen molar-refractivity contribution in [1.82, 2.24) is 0 Å². The van der Waals surface area contributed by atoms with Gasteiger partial charge in [-0.25, -0.2) is 0 Å². The zero-order chi connectivity index (χ0) is 11.6. The van der Waals surface area contributed by atoms with Crippen LogP contribution in [0.5, 0.6) is 11.5 Å². The van der Waals surface area contributed by atoms with Crippen LogP contribution in [0, 0.1) is 0 Å². The summed E-state index contributed by atoms with van der Waals surface area (Å²) >= 11 is 0. The molecule has 0 aromatic heterocycles.